The Morgan fingerprint density at radius 1 is 0.974 bits per heavy atom. The molecule has 1 unspecified atom stereocenters. The lowest BCUT2D eigenvalue weighted by Gasteiger charge is -2.16. The number of halogens is 11. The summed E-state index contributed by atoms with van der Waals surface area (Å²) in [7, 11) is -4.66. The first-order valence-electron chi connectivity index (χ1n) is 10.8. The molecule has 0 amide bonds. The monoisotopic (exact) mass is 644 g/mol. The molecule has 0 saturated heterocycles. The molecule has 0 aliphatic carbocycles. The van der Waals surface area contributed by atoms with Crippen molar-refractivity contribution in [1.29, 1.82) is 0 Å². The molecule has 3 nitrogen and oxygen atoms in total. The third kappa shape index (κ3) is 9.91. The molecule has 0 aliphatic heterocycles. The van der Waals surface area contributed by atoms with Gasteiger partial charge in [-0.15, -0.1) is 0 Å². The Bertz CT molecular complexity index is 1320. The van der Waals surface area contributed by atoms with E-state index in [2.05, 4.69) is 0 Å². The molecule has 0 bridgehead atoms. The molecular weight excluding hydrogens is 627 g/mol. The predicted octanol–water partition coefficient (Wildman–Crippen LogP) is 8.91. The van der Waals surface area contributed by atoms with Crippen molar-refractivity contribution in [2.24, 2.45) is 5.92 Å². The minimum Gasteiger partial charge on any atom is -0.294 e. The van der Waals surface area contributed by atoms with E-state index in [0.717, 1.165) is 43.3 Å². The van der Waals surface area contributed by atoms with Crippen LogP contribution in [0.1, 0.15) is 46.3 Å². The summed E-state index contributed by atoms with van der Waals surface area (Å²) in [6, 6.07) is 4.65. The number of benzene rings is 2. The molecule has 0 radical (unpaired) electrons. The second kappa shape index (κ2) is 12.7. The number of carbonyl (C=O) groups excluding carboxylic acids is 1. The summed E-state index contributed by atoms with van der Waals surface area (Å²) in [6.45, 7) is 1.12. The van der Waals surface area contributed by atoms with Gasteiger partial charge in [0.2, 0.25) is 6.43 Å². The zero-order chi connectivity index (χ0) is 29.9. The van der Waals surface area contributed by atoms with E-state index in [1.54, 1.807) is 0 Å². The normalized spacial score (nSPS) is 14.7. The average Bonchev–Trinajstić information content (AvgIpc) is 2.74. The zero-order valence-electron chi connectivity index (χ0n) is 19.7. The molecule has 2 atom stereocenters. The first-order chi connectivity index (χ1) is 17.7. The molecule has 0 N–H and O–H groups in total. The largest absolute Gasteiger partial charge is 0.417 e. The average molecular weight is 646 g/mol. The molecule has 0 saturated carbocycles. The first kappa shape index (κ1) is 33.3. The highest BCUT2D eigenvalue weighted by molar-refractivity contribution is 7.91. The number of sulfone groups is 1. The van der Waals surface area contributed by atoms with Gasteiger partial charge in [-0.3, -0.25) is 4.79 Å². The molecule has 39 heavy (non-hydrogen) atoms. The highest BCUT2D eigenvalue weighted by Crippen LogP contribution is 2.37. The highest BCUT2D eigenvalue weighted by Gasteiger charge is 2.37. The summed E-state index contributed by atoms with van der Waals surface area (Å²) in [5.74, 6) is -7.18. The lowest BCUT2D eigenvalue weighted by molar-refractivity contribution is -0.138. The van der Waals surface area contributed by atoms with Crippen molar-refractivity contribution in [2.45, 2.75) is 38.0 Å². The van der Waals surface area contributed by atoms with Crippen molar-refractivity contribution in [2.75, 3.05) is 11.5 Å². The number of hydrogen-bond donors (Lipinski definition) is 0. The van der Waals surface area contributed by atoms with E-state index in [1.807, 2.05) is 0 Å². The molecule has 2 rings (SSSR count). The van der Waals surface area contributed by atoms with E-state index >= 15 is 0 Å². The number of Topliss-reactive ketones (excluding diaryl/α,β-unsaturated/α-hetero) is 1. The Hall–Kier alpha value is -1.89. The van der Waals surface area contributed by atoms with Gasteiger partial charge in [0.15, 0.2) is 15.6 Å². The number of ketones is 1. The predicted molar refractivity (Wildman–Crippen MR) is 134 cm³/mol. The van der Waals surface area contributed by atoms with Gasteiger partial charge in [0.05, 0.1) is 32.3 Å². The topological polar surface area (TPSA) is 51.2 Å². The van der Waals surface area contributed by atoms with Crippen LogP contribution in [0, 0.1) is 5.92 Å². The van der Waals surface area contributed by atoms with Crippen LogP contribution >= 0.6 is 34.8 Å². The smallest absolute Gasteiger partial charge is 0.294 e. The van der Waals surface area contributed by atoms with E-state index in [4.69, 9.17) is 34.8 Å². The minimum absolute atomic E-state index is 0.0574. The number of rotatable bonds is 10. The van der Waals surface area contributed by atoms with Gasteiger partial charge in [0.25, 0.3) is 0 Å². The summed E-state index contributed by atoms with van der Waals surface area (Å²) in [5, 5.41) is -0.289. The SMILES string of the molecule is C[C@@H](CC(=O)c1ccc(/C=C/C(c2cc(Cl)c(Cl)c(Cl)c2)C(F)F)cc1C(F)(F)F)CS(=O)(=O)CC(F)(F)F. The summed E-state index contributed by atoms with van der Waals surface area (Å²) >= 11 is 17.6. The lowest BCUT2D eigenvalue weighted by Crippen LogP contribution is -2.28. The molecule has 216 valence electrons. The van der Waals surface area contributed by atoms with Gasteiger partial charge in [0.1, 0.15) is 5.75 Å². The lowest BCUT2D eigenvalue weighted by atomic mass is 9.94. The van der Waals surface area contributed by atoms with Gasteiger partial charge in [0, 0.05) is 12.0 Å². The minimum atomic E-state index is -5.07. The van der Waals surface area contributed by atoms with Gasteiger partial charge in [-0.05, 0) is 35.2 Å². The fourth-order valence-electron chi connectivity index (χ4n) is 3.69. The van der Waals surface area contributed by atoms with Crippen LogP contribution < -0.4 is 0 Å². The molecule has 0 aliphatic rings. The number of allylic oxidation sites excluding steroid dienone is 1. The van der Waals surface area contributed by atoms with E-state index < -0.39 is 75.3 Å². The molecule has 0 aromatic heterocycles. The number of alkyl halides is 8. The third-order valence-electron chi connectivity index (χ3n) is 5.26. The van der Waals surface area contributed by atoms with Crippen LogP contribution in [0.15, 0.2) is 36.4 Å². The van der Waals surface area contributed by atoms with Crippen molar-refractivity contribution in [3.63, 3.8) is 0 Å². The van der Waals surface area contributed by atoms with Crippen LogP contribution in [-0.4, -0.2) is 38.3 Å². The Morgan fingerprint density at radius 2 is 1.54 bits per heavy atom. The van der Waals surface area contributed by atoms with Crippen LogP contribution in [0.2, 0.25) is 15.1 Å². The van der Waals surface area contributed by atoms with Crippen molar-refractivity contribution in [1.82, 2.24) is 0 Å². The molecule has 2 aromatic carbocycles. The molecule has 0 spiro atoms. The van der Waals surface area contributed by atoms with Crippen LogP contribution in [0.25, 0.3) is 6.08 Å². The van der Waals surface area contributed by atoms with Gasteiger partial charge < -0.3 is 0 Å². The quantitative estimate of drug-likeness (QED) is 0.147. The van der Waals surface area contributed by atoms with E-state index in [-0.39, 0.29) is 26.2 Å². The Morgan fingerprint density at radius 3 is 2.03 bits per heavy atom. The number of carbonyl (C=O) groups is 1. The van der Waals surface area contributed by atoms with Crippen LogP contribution in [-0.2, 0) is 16.0 Å². The standard InChI is InChI=1S/C24H19Cl3F8O3S/c1-12(10-39(37,38)11-23(30,31)32)6-20(36)16-5-3-13(7-17(16)24(33,34)35)2-4-15(22(28)29)14-8-18(25)21(27)19(26)9-14/h2-5,7-9,12,15,22H,6,10-11H2,1H3/b4-2+/t12-,15?/m0/s1. The zero-order valence-corrected chi connectivity index (χ0v) is 22.8. The van der Waals surface area contributed by atoms with Gasteiger partial charge >= 0.3 is 12.4 Å². The fourth-order valence-corrected chi connectivity index (χ4v) is 5.91. The van der Waals surface area contributed by atoms with Crippen LogP contribution in [0.4, 0.5) is 35.1 Å². The maximum absolute atomic E-state index is 13.7. The van der Waals surface area contributed by atoms with Crippen molar-refractivity contribution in [3.05, 3.63) is 73.7 Å². The Balaban J connectivity index is 2.34. The summed E-state index contributed by atoms with van der Waals surface area (Å²) in [5.41, 5.74) is -2.53. The van der Waals surface area contributed by atoms with Crippen molar-refractivity contribution in [3.8, 4) is 0 Å². The van der Waals surface area contributed by atoms with Gasteiger partial charge in [-0.1, -0.05) is 66.0 Å². The van der Waals surface area contributed by atoms with E-state index in [1.165, 1.54) is 0 Å². The maximum Gasteiger partial charge on any atom is 0.417 e. The maximum atomic E-state index is 13.7. The van der Waals surface area contributed by atoms with Gasteiger partial charge in [-0.2, -0.15) is 26.3 Å². The van der Waals surface area contributed by atoms with Crippen LogP contribution in [0.3, 0.4) is 0 Å². The van der Waals surface area contributed by atoms with Gasteiger partial charge in [-0.25, -0.2) is 17.2 Å². The molecule has 0 heterocycles. The summed E-state index contributed by atoms with van der Waals surface area (Å²) in [6.07, 6.45) is -12.0. The number of hydrogen-bond acceptors (Lipinski definition) is 3. The molecular formula is C24H19Cl3F8O3S. The Labute approximate surface area is 233 Å². The van der Waals surface area contributed by atoms with Crippen molar-refractivity contribution >= 4 is 56.5 Å². The second-order valence-corrected chi connectivity index (χ2v) is 12.0. The molecule has 15 heteroatoms. The van der Waals surface area contributed by atoms with E-state index in [0.29, 0.717) is 6.07 Å². The Kier molecular flexibility index (Phi) is 10.9. The fraction of sp³-hybridized carbons (Fsp3) is 0.375. The third-order valence-corrected chi connectivity index (χ3v) is 8.30. The summed E-state index contributed by atoms with van der Waals surface area (Å²) in [4.78, 5) is 12.6. The first-order valence-corrected chi connectivity index (χ1v) is 13.8. The van der Waals surface area contributed by atoms with Crippen molar-refractivity contribution < 1.29 is 48.3 Å². The van der Waals surface area contributed by atoms with E-state index in [9.17, 15) is 48.3 Å². The molecule has 0 fully saturated rings. The summed E-state index contributed by atoms with van der Waals surface area (Å²) < 4.78 is 129. The second-order valence-electron chi connectivity index (χ2n) is 8.72. The van der Waals surface area contributed by atoms with Crippen LogP contribution in [0.5, 0.6) is 0 Å². The highest BCUT2D eigenvalue weighted by atomic mass is 35.5. The molecule has 2 aromatic rings.